The minimum absolute atomic E-state index is 0.145. The SMILES string of the molecule is COc1ccc(Cl)cc1Cc1nc2cc(NC(=O)CC3C4CC5CC(C4)CC3C5)ccc2[nH]1. The second-order valence-electron chi connectivity index (χ2n) is 10.4. The molecular formula is C27H30ClN3O2. The van der Waals surface area contributed by atoms with E-state index in [1.807, 2.05) is 36.4 Å². The molecule has 4 aliphatic carbocycles. The molecule has 172 valence electrons. The van der Waals surface area contributed by atoms with Gasteiger partial charge in [0.2, 0.25) is 5.91 Å². The molecule has 0 spiro atoms. The van der Waals surface area contributed by atoms with E-state index in [-0.39, 0.29) is 5.91 Å². The van der Waals surface area contributed by atoms with Gasteiger partial charge in [-0.05, 0) is 98.1 Å². The minimum atomic E-state index is 0.145. The van der Waals surface area contributed by atoms with Crippen LogP contribution >= 0.6 is 11.6 Å². The molecule has 4 bridgehead atoms. The highest BCUT2D eigenvalue weighted by atomic mass is 35.5. The van der Waals surface area contributed by atoms with Gasteiger partial charge in [0, 0.05) is 29.1 Å². The molecule has 4 fully saturated rings. The first-order chi connectivity index (χ1) is 16.0. The predicted octanol–water partition coefficient (Wildman–Crippen LogP) is 6.22. The van der Waals surface area contributed by atoms with Crippen molar-refractivity contribution in [3.63, 3.8) is 0 Å². The van der Waals surface area contributed by atoms with Crippen molar-refractivity contribution in [1.82, 2.24) is 9.97 Å². The van der Waals surface area contributed by atoms with Crippen LogP contribution in [0.15, 0.2) is 36.4 Å². The topological polar surface area (TPSA) is 67.0 Å². The van der Waals surface area contributed by atoms with Gasteiger partial charge in [-0.15, -0.1) is 0 Å². The number of amides is 1. The summed E-state index contributed by atoms with van der Waals surface area (Å²) in [7, 11) is 1.66. The van der Waals surface area contributed by atoms with Gasteiger partial charge in [0.05, 0.1) is 18.1 Å². The first kappa shape index (κ1) is 21.0. The van der Waals surface area contributed by atoms with E-state index >= 15 is 0 Å². The third kappa shape index (κ3) is 4.12. The van der Waals surface area contributed by atoms with Gasteiger partial charge in [-0.2, -0.15) is 0 Å². The summed E-state index contributed by atoms with van der Waals surface area (Å²) in [5.74, 6) is 5.77. The molecule has 0 radical (unpaired) electrons. The molecule has 1 aromatic heterocycles. The van der Waals surface area contributed by atoms with Crippen molar-refractivity contribution in [1.29, 1.82) is 0 Å². The summed E-state index contributed by atoms with van der Waals surface area (Å²) in [6, 6.07) is 11.5. The fourth-order valence-electron chi connectivity index (χ4n) is 7.08. The fraction of sp³-hybridized carbons (Fsp3) is 0.481. The number of imidazole rings is 1. The molecule has 1 heterocycles. The zero-order chi connectivity index (χ0) is 22.5. The largest absolute Gasteiger partial charge is 0.496 e. The van der Waals surface area contributed by atoms with Crippen LogP contribution in [0.2, 0.25) is 5.02 Å². The number of benzene rings is 2. The van der Waals surface area contributed by atoms with E-state index in [1.165, 1.54) is 32.1 Å². The summed E-state index contributed by atoms with van der Waals surface area (Å²) in [5, 5.41) is 3.82. The molecule has 0 atom stereocenters. The quantitative estimate of drug-likeness (QED) is 0.456. The van der Waals surface area contributed by atoms with Crippen LogP contribution < -0.4 is 10.1 Å². The number of rotatable bonds is 6. The van der Waals surface area contributed by atoms with Crippen LogP contribution in [0.4, 0.5) is 5.69 Å². The molecule has 0 saturated heterocycles. The van der Waals surface area contributed by atoms with Crippen LogP contribution in [0.5, 0.6) is 5.75 Å². The number of aromatic nitrogens is 2. The molecule has 3 aromatic rings. The number of carbonyl (C=O) groups excluding carboxylic acids is 1. The lowest BCUT2D eigenvalue weighted by Crippen LogP contribution is -2.46. The first-order valence-corrected chi connectivity index (χ1v) is 12.5. The zero-order valence-electron chi connectivity index (χ0n) is 18.9. The highest BCUT2D eigenvalue weighted by molar-refractivity contribution is 6.30. The van der Waals surface area contributed by atoms with Gasteiger partial charge < -0.3 is 15.0 Å². The van der Waals surface area contributed by atoms with E-state index in [0.717, 1.165) is 57.5 Å². The molecule has 4 saturated carbocycles. The molecular weight excluding hydrogens is 434 g/mol. The second-order valence-corrected chi connectivity index (χ2v) is 10.8. The molecule has 1 amide bonds. The van der Waals surface area contributed by atoms with E-state index in [9.17, 15) is 4.79 Å². The van der Waals surface area contributed by atoms with Crippen molar-refractivity contribution in [2.45, 2.75) is 44.9 Å². The lowest BCUT2D eigenvalue weighted by atomic mass is 9.51. The summed E-state index contributed by atoms with van der Waals surface area (Å²) in [6.45, 7) is 0. The lowest BCUT2D eigenvalue weighted by Gasteiger charge is -2.54. The minimum Gasteiger partial charge on any atom is -0.496 e. The smallest absolute Gasteiger partial charge is 0.224 e. The Hall–Kier alpha value is -2.53. The number of ether oxygens (including phenoxy) is 1. The van der Waals surface area contributed by atoms with Crippen LogP contribution in [0.3, 0.4) is 0 Å². The standard InChI is InChI=1S/C27H30ClN3O2/c1-33-25-5-2-20(28)11-19(25)12-26-30-23-4-3-21(13-24(23)31-26)29-27(32)14-22-17-7-15-6-16(9-17)10-18(22)8-15/h2-5,11,13,15-18,22H,6-10,12,14H2,1H3,(H,29,32)(H,30,31). The fourth-order valence-corrected chi connectivity index (χ4v) is 7.28. The highest BCUT2D eigenvalue weighted by Gasteiger charge is 2.48. The van der Waals surface area contributed by atoms with Crippen molar-refractivity contribution in [2.75, 3.05) is 12.4 Å². The van der Waals surface area contributed by atoms with Gasteiger partial charge in [0.1, 0.15) is 11.6 Å². The number of nitrogens with one attached hydrogen (secondary N) is 2. The van der Waals surface area contributed by atoms with E-state index in [2.05, 4.69) is 10.3 Å². The van der Waals surface area contributed by atoms with Crippen molar-refractivity contribution in [3.05, 3.63) is 52.8 Å². The second kappa shape index (κ2) is 8.35. The number of hydrogen-bond acceptors (Lipinski definition) is 3. The third-order valence-electron chi connectivity index (χ3n) is 8.26. The third-order valence-corrected chi connectivity index (χ3v) is 8.49. The van der Waals surface area contributed by atoms with Crippen LogP contribution in [-0.2, 0) is 11.2 Å². The van der Waals surface area contributed by atoms with Gasteiger partial charge in [-0.25, -0.2) is 4.98 Å². The Labute approximate surface area is 199 Å². The van der Waals surface area contributed by atoms with Crippen LogP contribution in [-0.4, -0.2) is 23.0 Å². The van der Waals surface area contributed by atoms with Gasteiger partial charge in [0.25, 0.3) is 0 Å². The van der Waals surface area contributed by atoms with Gasteiger partial charge in [0.15, 0.2) is 0 Å². The Balaban J connectivity index is 1.14. The highest BCUT2D eigenvalue weighted by Crippen LogP contribution is 2.57. The molecule has 7 rings (SSSR count). The van der Waals surface area contributed by atoms with Crippen LogP contribution in [0, 0.1) is 29.6 Å². The predicted molar refractivity (Wildman–Crippen MR) is 131 cm³/mol. The number of carbonyl (C=O) groups is 1. The van der Waals surface area contributed by atoms with Crippen LogP contribution in [0.25, 0.3) is 11.0 Å². The molecule has 6 heteroatoms. The van der Waals surface area contributed by atoms with Gasteiger partial charge in [-0.1, -0.05) is 11.6 Å². The Kier molecular flexibility index (Phi) is 5.33. The average molecular weight is 464 g/mol. The Morgan fingerprint density at radius 2 is 1.85 bits per heavy atom. The Bertz CT molecular complexity index is 1180. The number of methoxy groups -OCH3 is 1. The molecule has 33 heavy (non-hydrogen) atoms. The Morgan fingerprint density at radius 1 is 1.09 bits per heavy atom. The number of aromatic amines is 1. The summed E-state index contributed by atoms with van der Waals surface area (Å²) >= 11 is 6.17. The van der Waals surface area contributed by atoms with E-state index < -0.39 is 0 Å². The zero-order valence-corrected chi connectivity index (χ0v) is 19.7. The normalized spacial score (nSPS) is 27.8. The molecule has 0 aliphatic heterocycles. The van der Waals surface area contributed by atoms with E-state index in [4.69, 9.17) is 21.3 Å². The average Bonchev–Trinajstić information content (AvgIpc) is 3.17. The van der Waals surface area contributed by atoms with Crippen molar-refractivity contribution >= 4 is 34.2 Å². The number of nitrogens with zero attached hydrogens (tertiary/aromatic N) is 1. The van der Waals surface area contributed by atoms with E-state index in [1.54, 1.807) is 7.11 Å². The summed E-state index contributed by atoms with van der Waals surface area (Å²) in [4.78, 5) is 21.0. The van der Waals surface area contributed by atoms with E-state index in [0.29, 0.717) is 23.8 Å². The maximum absolute atomic E-state index is 12.9. The maximum atomic E-state index is 12.9. The van der Waals surface area contributed by atoms with Crippen molar-refractivity contribution in [3.8, 4) is 5.75 Å². The van der Waals surface area contributed by atoms with Crippen LogP contribution in [0.1, 0.15) is 49.9 Å². The first-order valence-electron chi connectivity index (χ1n) is 12.1. The Morgan fingerprint density at radius 3 is 2.58 bits per heavy atom. The molecule has 2 N–H and O–H groups in total. The summed E-state index contributed by atoms with van der Waals surface area (Å²) in [6.07, 6.45) is 8.10. The summed E-state index contributed by atoms with van der Waals surface area (Å²) in [5.41, 5.74) is 3.59. The molecule has 4 aliphatic rings. The number of anilines is 1. The molecule has 5 nitrogen and oxygen atoms in total. The van der Waals surface area contributed by atoms with Crippen molar-refractivity contribution in [2.24, 2.45) is 29.6 Å². The number of halogens is 1. The maximum Gasteiger partial charge on any atom is 0.224 e. The van der Waals surface area contributed by atoms with Gasteiger partial charge >= 0.3 is 0 Å². The number of hydrogen-bond donors (Lipinski definition) is 2. The van der Waals surface area contributed by atoms with Gasteiger partial charge in [-0.3, -0.25) is 4.79 Å². The number of H-pyrrole nitrogens is 1. The lowest BCUT2D eigenvalue weighted by molar-refractivity contribution is -0.121. The molecule has 0 unspecified atom stereocenters. The molecule has 2 aromatic carbocycles. The number of fused-ring (bicyclic) bond motifs is 1. The monoisotopic (exact) mass is 463 g/mol. The summed E-state index contributed by atoms with van der Waals surface area (Å²) < 4.78 is 5.46. The van der Waals surface area contributed by atoms with Crippen molar-refractivity contribution < 1.29 is 9.53 Å².